The fraction of sp³-hybridized carbons (Fsp3) is 0.310. The molecule has 43 heavy (non-hydrogen) atoms. The number of ether oxygens (including phenoxy) is 2. The van der Waals surface area contributed by atoms with Crippen LogP contribution in [-0.4, -0.2) is 63.4 Å². The lowest BCUT2D eigenvalue weighted by Crippen LogP contribution is -2.51. The van der Waals surface area contributed by atoms with E-state index in [2.05, 4.69) is 5.32 Å². The summed E-state index contributed by atoms with van der Waals surface area (Å²) < 4.78 is 39.7. The van der Waals surface area contributed by atoms with Gasteiger partial charge in [0.25, 0.3) is 15.7 Å². The molecule has 0 aliphatic carbocycles. The predicted molar refractivity (Wildman–Crippen MR) is 162 cm³/mol. The molecular weight excluding hydrogens is 600 g/mol. The van der Waals surface area contributed by atoms with Crippen molar-refractivity contribution in [2.75, 3.05) is 31.6 Å². The first kappa shape index (κ1) is 33.1. The van der Waals surface area contributed by atoms with Crippen LogP contribution in [0, 0.1) is 17.0 Å². The highest BCUT2D eigenvalue weighted by Crippen LogP contribution is 2.36. The average molecular weight is 633 g/mol. The molecule has 1 N–H and O–H groups in total. The molecule has 0 bridgehead atoms. The van der Waals surface area contributed by atoms with Crippen LogP contribution in [0.4, 0.5) is 11.4 Å². The van der Waals surface area contributed by atoms with Gasteiger partial charge < -0.3 is 19.7 Å². The van der Waals surface area contributed by atoms with Gasteiger partial charge in [0.15, 0.2) is 0 Å². The van der Waals surface area contributed by atoms with E-state index in [0.717, 1.165) is 10.4 Å². The number of carbonyl (C=O) groups excluding carboxylic acids is 2. The van der Waals surface area contributed by atoms with Gasteiger partial charge in [-0.3, -0.25) is 24.0 Å². The number of sulfonamides is 1. The second kappa shape index (κ2) is 14.2. The van der Waals surface area contributed by atoms with Crippen LogP contribution in [0.15, 0.2) is 65.6 Å². The van der Waals surface area contributed by atoms with E-state index < -0.39 is 49.9 Å². The van der Waals surface area contributed by atoms with Gasteiger partial charge in [0, 0.05) is 29.7 Å². The Morgan fingerprint density at radius 1 is 1.07 bits per heavy atom. The summed E-state index contributed by atoms with van der Waals surface area (Å²) in [5, 5.41) is 14.5. The summed E-state index contributed by atoms with van der Waals surface area (Å²) in [6.07, 6.45) is 0. The minimum Gasteiger partial charge on any atom is -0.497 e. The van der Waals surface area contributed by atoms with Gasteiger partial charge in [-0.2, -0.15) is 0 Å². The lowest BCUT2D eigenvalue weighted by molar-refractivity contribution is -0.385. The second-order valence-corrected chi connectivity index (χ2v) is 11.8. The number of nitro groups is 1. The highest BCUT2D eigenvalue weighted by Gasteiger charge is 2.35. The number of halogens is 1. The summed E-state index contributed by atoms with van der Waals surface area (Å²) in [4.78, 5) is 38.7. The van der Waals surface area contributed by atoms with Crippen LogP contribution in [0.1, 0.15) is 25.0 Å². The molecule has 2 amide bonds. The Morgan fingerprint density at radius 3 is 2.42 bits per heavy atom. The molecule has 12 nitrogen and oxygen atoms in total. The van der Waals surface area contributed by atoms with Gasteiger partial charge in [-0.1, -0.05) is 29.8 Å². The first-order chi connectivity index (χ1) is 20.3. The zero-order chi connectivity index (χ0) is 31.9. The number of amides is 2. The summed E-state index contributed by atoms with van der Waals surface area (Å²) in [6, 6.07) is 13.6. The topological polar surface area (TPSA) is 148 Å². The molecule has 0 aromatic heterocycles. The van der Waals surface area contributed by atoms with E-state index in [-0.39, 0.29) is 28.6 Å². The molecule has 0 aliphatic heterocycles. The third-order valence-electron chi connectivity index (χ3n) is 6.66. The van der Waals surface area contributed by atoms with E-state index in [1.54, 1.807) is 31.2 Å². The van der Waals surface area contributed by atoms with E-state index in [9.17, 15) is 28.1 Å². The zero-order valence-corrected chi connectivity index (χ0v) is 25.9. The molecule has 3 rings (SSSR count). The number of hydrogen-bond donors (Lipinski definition) is 1. The number of carbonyl (C=O) groups is 2. The van der Waals surface area contributed by atoms with Crippen LogP contribution in [0.5, 0.6) is 11.5 Å². The summed E-state index contributed by atoms with van der Waals surface area (Å²) in [5.74, 6) is -0.556. The van der Waals surface area contributed by atoms with Gasteiger partial charge >= 0.3 is 0 Å². The molecule has 0 unspecified atom stereocenters. The van der Waals surface area contributed by atoms with Crippen LogP contribution in [-0.2, 0) is 26.2 Å². The van der Waals surface area contributed by atoms with Gasteiger partial charge in [0.05, 0.1) is 29.7 Å². The third-order valence-corrected chi connectivity index (χ3v) is 8.65. The van der Waals surface area contributed by atoms with Crippen molar-refractivity contribution in [2.24, 2.45) is 0 Å². The van der Waals surface area contributed by atoms with Crippen molar-refractivity contribution in [3.05, 3.63) is 86.9 Å². The molecule has 3 aromatic carbocycles. The van der Waals surface area contributed by atoms with Gasteiger partial charge in [-0.05, 0) is 62.7 Å². The molecule has 0 spiro atoms. The molecule has 3 aromatic rings. The van der Waals surface area contributed by atoms with Crippen LogP contribution < -0.4 is 19.1 Å². The summed E-state index contributed by atoms with van der Waals surface area (Å²) in [7, 11) is -1.80. The van der Waals surface area contributed by atoms with Crippen LogP contribution in [0.3, 0.4) is 0 Å². The molecule has 0 saturated carbocycles. The Balaban J connectivity index is 2.17. The Kier molecular flexibility index (Phi) is 11.0. The number of aryl methyl sites for hydroxylation is 1. The number of hydrogen-bond acceptors (Lipinski definition) is 8. The molecule has 0 radical (unpaired) electrons. The van der Waals surface area contributed by atoms with Gasteiger partial charge in [-0.25, -0.2) is 8.42 Å². The van der Waals surface area contributed by atoms with Crippen molar-refractivity contribution in [2.45, 2.75) is 38.3 Å². The SMILES string of the molecule is CCNC(=O)[C@H](C)N(Cc1cccc(OC)c1)C(=O)CN(c1cc(Cl)ccc1OC)S(=O)(=O)c1ccc(C)c([N+](=O)[O-])c1. The number of likely N-dealkylation sites (N-methyl/N-ethyl adjacent to an activating group) is 1. The maximum Gasteiger partial charge on any atom is 0.273 e. The minimum absolute atomic E-state index is 0.0507. The first-order valence-electron chi connectivity index (χ1n) is 13.1. The molecule has 0 aliphatic rings. The van der Waals surface area contributed by atoms with Crippen LogP contribution >= 0.6 is 11.6 Å². The van der Waals surface area contributed by atoms with Crippen molar-refractivity contribution in [3.63, 3.8) is 0 Å². The van der Waals surface area contributed by atoms with Gasteiger partial charge in [0.1, 0.15) is 24.1 Å². The van der Waals surface area contributed by atoms with Crippen molar-refractivity contribution >= 4 is 44.8 Å². The van der Waals surface area contributed by atoms with Crippen LogP contribution in [0.2, 0.25) is 5.02 Å². The van der Waals surface area contributed by atoms with Crippen molar-refractivity contribution < 1.29 is 32.4 Å². The van der Waals surface area contributed by atoms with Gasteiger partial charge in [-0.15, -0.1) is 0 Å². The molecule has 0 fully saturated rings. The van der Waals surface area contributed by atoms with E-state index >= 15 is 0 Å². The van der Waals surface area contributed by atoms with Crippen molar-refractivity contribution in [1.29, 1.82) is 0 Å². The minimum atomic E-state index is -4.62. The number of benzene rings is 3. The molecule has 14 heteroatoms. The largest absolute Gasteiger partial charge is 0.497 e. The smallest absolute Gasteiger partial charge is 0.273 e. The number of methoxy groups -OCH3 is 2. The lowest BCUT2D eigenvalue weighted by atomic mass is 10.1. The maximum absolute atomic E-state index is 14.1. The Bertz CT molecular complexity index is 1620. The Morgan fingerprint density at radius 2 is 1.79 bits per heavy atom. The van der Waals surface area contributed by atoms with E-state index in [1.165, 1.54) is 63.3 Å². The standard InChI is InChI=1S/C29H33ClN4O8S/c1-6-31-29(36)20(3)32(17-21-8-7-9-23(14-21)41-4)28(35)18-33(26-15-22(30)11-13-27(26)42-5)43(39,40)24-12-10-19(2)25(16-24)34(37)38/h7-16,20H,6,17-18H2,1-5H3,(H,31,36)/t20-/m0/s1. The average Bonchev–Trinajstić information content (AvgIpc) is 2.98. The Labute approximate surface area is 255 Å². The Hall–Kier alpha value is -4.36. The number of rotatable bonds is 13. The number of nitro benzene ring substituents is 1. The fourth-order valence-electron chi connectivity index (χ4n) is 4.32. The van der Waals surface area contributed by atoms with E-state index in [1.807, 2.05) is 0 Å². The fourth-order valence-corrected chi connectivity index (χ4v) is 5.92. The maximum atomic E-state index is 14.1. The van der Waals surface area contributed by atoms with E-state index in [4.69, 9.17) is 21.1 Å². The van der Waals surface area contributed by atoms with E-state index in [0.29, 0.717) is 17.9 Å². The van der Waals surface area contributed by atoms with Crippen LogP contribution in [0.25, 0.3) is 0 Å². The molecular formula is C29H33ClN4O8S. The molecule has 0 saturated heterocycles. The normalized spacial score (nSPS) is 11.8. The number of nitrogens with one attached hydrogen (secondary N) is 1. The quantitative estimate of drug-likeness (QED) is 0.216. The molecule has 1 atom stereocenters. The molecule has 0 heterocycles. The number of anilines is 1. The second-order valence-electron chi connectivity index (χ2n) is 9.48. The first-order valence-corrected chi connectivity index (χ1v) is 15.0. The van der Waals surface area contributed by atoms with Crippen molar-refractivity contribution in [1.82, 2.24) is 10.2 Å². The number of nitrogens with zero attached hydrogens (tertiary/aromatic N) is 3. The van der Waals surface area contributed by atoms with Gasteiger partial charge in [0.2, 0.25) is 11.8 Å². The third kappa shape index (κ3) is 7.73. The monoisotopic (exact) mass is 632 g/mol. The summed E-state index contributed by atoms with van der Waals surface area (Å²) >= 11 is 6.24. The zero-order valence-electron chi connectivity index (χ0n) is 24.4. The summed E-state index contributed by atoms with van der Waals surface area (Å²) in [6.45, 7) is 4.23. The predicted octanol–water partition coefficient (Wildman–Crippen LogP) is 4.32. The molecule has 230 valence electrons. The van der Waals surface area contributed by atoms with Crippen molar-refractivity contribution in [3.8, 4) is 11.5 Å². The summed E-state index contributed by atoms with van der Waals surface area (Å²) in [5.41, 5.74) is 0.411. The highest BCUT2D eigenvalue weighted by molar-refractivity contribution is 7.92. The lowest BCUT2D eigenvalue weighted by Gasteiger charge is -2.32. The highest BCUT2D eigenvalue weighted by atomic mass is 35.5.